The summed E-state index contributed by atoms with van der Waals surface area (Å²) in [6.45, 7) is 0. The van der Waals surface area contributed by atoms with Crippen LogP contribution in [0.25, 0.3) is 21.8 Å². The lowest BCUT2D eigenvalue weighted by atomic mass is 10.1. The fourth-order valence-electron chi connectivity index (χ4n) is 2.18. The highest BCUT2D eigenvalue weighted by molar-refractivity contribution is 9.10. The van der Waals surface area contributed by atoms with Crippen LogP contribution in [0.1, 0.15) is 0 Å². The SMILES string of the molecule is COc1ccc2c(c1)[nH]c1c(Br)c(OC)ccc12. The molecule has 3 nitrogen and oxygen atoms in total. The van der Waals surface area contributed by atoms with Crippen molar-refractivity contribution in [3.63, 3.8) is 0 Å². The molecule has 0 saturated carbocycles. The van der Waals surface area contributed by atoms with Crippen molar-refractivity contribution < 1.29 is 9.47 Å². The number of fused-ring (bicyclic) bond motifs is 3. The van der Waals surface area contributed by atoms with E-state index in [1.54, 1.807) is 14.2 Å². The van der Waals surface area contributed by atoms with E-state index in [1.165, 1.54) is 10.8 Å². The Morgan fingerprint density at radius 1 is 1.00 bits per heavy atom. The second-order valence-corrected chi connectivity index (χ2v) is 4.83. The first kappa shape index (κ1) is 11.4. The number of aromatic amines is 1. The Balaban J connectivity index is 2.38. The Morgan fingerprint density at radius 3 is 2.50 bits per heavy atom. The molecule has 1 aromatic heterocycles. The molecule has 0 atom stereocenters. The van der Waals surface area contributed by atoms with Gasteiger partial charge in [0, 0.05) is 16.8 Å². The molecule has 0 aliphatic carbocycles. The molecule has 0 unspecified atom stereocenters. The number of nitrogens with one attached hydrogen (secondary N) is 1. The Morgan fingerprint density at radius 2 is 1.78 bits per heavy atom. The number of ether oxygens (including phenoxy) is 2. The number of rotatable bonds is 2. The summed E-state index contributed by atoms with van der Waals surface area (Å²) in [5.41, 5.74) is 2.09. The average Bonchev–Trinajstić information content (AvgIpc) is 2.77. The molecule has 92 valence electrons. The molecule has 0 fully saturated rings. The van der Waals surface area contributed by atoms with Crippen molar-refractivity contribution in [3.8, 4) is 11.5 Å². The van der Waals surface area contributed by atoms with Crippen molar-refractivity contribution in [2.75, 3.05) is 14.2 Å². The van der Waals surface area contributed by atoms with Gasteiger partial charge in [-0.1, -0.05) is 0 Å². The Hall–Kier alpha value is -1.68. The second-order valence-electron chi connectivity index (χ2n) is 4.04. The Labute approximate surface area is 113 Å². The summed E-state index contributed by atoms with van der Waals surface area (Å²) in [5.74, 6) is 1.66. The van der Waals surface area contributed by atoms with E-state index in [4.69, 9.17) is 9.47 Å². The van der Waals surface area contributed by atoms with Crippen molar-refractivity contribution in [3.05, 3.63) is 34.8 Å². The van der Waals surface area contributed by atoms with Gasteiger partial charge in [-0.25, -0.2) is 0 Å². The zero-order chi connectivity index (χ0) is 12.7. The summed E-state index contributed by atoms with van der Waals surface area (Å²) in [4.78, 5) is 3.39. The van der Waals surface area contributed by atoms with Gasteiger partial charge in [0.25, 0.3) is 0 Å². The van der Waals surface area contributed by atoms with Crippen LogP contribution in [-0.2, 0) is 0 Å². The fraction of sp³-hybridized carbons (Fsp3) is 0.143. The third kappa shape index (κ3) is 1.56. The van der Waals surface area contributed by atoms with Crippen molar-refractivity contribution in [1.29, 1.82) is 0 Å². The minimum Gasteiger partial charge on any atom is -0.497 e. The van der Waals surface area contributed by atoms with E-state index in [1.807, 2.05) is 18.2 Å². The molecule has 2 aromatic carbocycles. The quantitative estimate of drug-likeness (QED) is 0.773. The van der Waals surface area contributed by atoms with Gasteiger partial charge in [-0.05, 0) is 40.2 Å². The average molecular weight is 306 g/mol. The van der Waals surface area contributed by atoms with Gasteiger partial charge in [0.15, 0.2) is 0 Å². The van der Waals surface area contributed by atoms with E-state index in [0.29, 0.717) is 0 Å². The number of hydrogen-bond acceptors (Lipinski definition) is 2. The van der Waals surface area contributed by atoms with E-state index in [0.717, 1.165) is 27.0 Å². The number of halogens is 1. The minimum atomic E-state index is 0.820. The van der Waals surface area contributed by atoms with E-state index in [-0.39, 0.29) is 0 Å². The molecule has 18 heavy (non-hydrogen) atoms. The van der Waals surface area contributed by atoms with Crippen LogP contribution in [0.5, 0.6) is 11.5 Å². The molecule has 3 aromatic rings. The van der Waals surface area contributed by atoms with Crippen LogP contribution < -0.4 is 9.47 Å². The van der Waals surface area contributed by atoms with Gasteiger partial charge in [-0.15, -0.1) is 0 Å². The van der Waals surface area contributed by atoms with Crippen LogP contribution in [0.2, 0.25) is 0 Å². The van der Waals surface area contributed by atoms with Crippen LogP contribution >= 0.6 is 15.9 Å². The lowest BCUT2D eigenvalue weighted by molar-refractivity contribution is 0.413. The fourth-order valence-corrected chi connectivity index (χ4v) is 2.79. The van der Waals surface area contributed by atoms with Crippen LogP contribution in [-0.4, -0.2) is 19.2 Å². The summed E-state index contributed by atoms with van der Waals surface area (Å²) in [6, 6.07) is 10.0. The Kier molecular flexibility index (Phi) is 2.67. The lowest BCUT2D eigenvalue weighted by Crippen LogP contribution is -1.84. The van der Waals surface area contributed by atoms with Gasteiger partial charge in [-0.3, -0.25) is 0 Å². The van der Waals surface area contributed by atoms with Gasteiger partial charge in [0.2, 0.25) is 0 Å². The highest BCUT2D eigenvalue weighted by Gasteiger charge is 2.11. The topological polar surface area (TPSA) is 34.2 Å². The van der Waals surface area contributed by atoms with Crippen LogP contribution in [0.3, 0.4) is 0 Å². The third-order valence-corrected chi connectivity index (χ3v) is 3.89. The van der Waals surface area contributed by atoms with Crippen molar-refractivity contribution >= 4 is 37.7 Å². The molecular weight excluding hydrogens is 294 g/mol. The highest BCUT2D eigenvalue weighted by atomic mass is 79.9. The Bertz CT molecular complexity index is 733. The van der Waals surface area contributed by atoms with Crippen molar-refractivity contribution in [1.82, 2.24) is 4.98 Å². The smallest absolute Gasteiger partial charge is 0.135 e. The monoisotopic (exact) mass is 305 g/mol. The molecule has 0 radical (unpaired) electrons. The van der Waals surface area contributed by atoms with E-state index in [2.05, 4.69) is 33.0 Å². The van der Waals surface area contributed by atoms with Gasteiger partial charge in [-0.2, -0.15) is 0 Å². The van der Waals surface area contributed by atoms with Gasteiger partial charge in [0.05, 0.1) is 29.7 Å². The number of hydrogen-bond donors (Lipinski definition) is 1. The predicted octanol–water partition coefficient (Wildman–Crippen LogP) is 4.10. The molecule has 1 heterocycles. The number of H-pyrrole nitrogens is 1. The highest BCUT2D eigenvalue weighted by Crippen LogP contribution is 2.37. The first-order valence-electron chi connectivity index (χ1n) is 5.56. The number of aromatic nitrogens is 1. The summed E-state index contributed by atoms with van der Waals surface area (Å²) < 4.78 is 11.5. The van der Waals surface area contributed by atoms with Crippen LogP contribution in [0, 0.1) is 0 Å². The summed E-state index contributed by atoms with van der Waals surface area (Å²) >= 11 is 3.57. The minimum absolute atomic E-state index is 0.820. The molecular formula is C14H12BrNO2. The van der Waals surface area contributed by atoms with Crippen LogP contribution in [0.15, 0.2) is 34.8 Å². The number of benzene rings is 2. The standard InChI is InChI=1S/C14H12BrNO2/c1-17-8-3-4-9-10-5-6-12(18-2)13(15)14(10)16-11(9)7-8/h3-7,16H,1-2H3. The van der Waals surface area contributed by atoms with Crippen LogP contribution in [0.4, 0.5) is 0 Å². The zero-order valence-corrected chi connectivity index (χ0v) is 11.7. The van der Waals surface area contributed by atoms with Gasteiger partial charge >= 0.3 is 0 Å². The molecule has 0 aliphatic heterocycles. The summed E-state index contributed by atoms with van der Waals surface area (Å²) in [5, 5.41) is 2.34. The first-order chi connectivity index (χ1) is 8.74. The molecule has 0 aliphatic rings. The maximum Gasteiger partial charge on any atom is 0.135 e. The molecule has 3 rings (SSSR count). The molecule has 1 N–H and O–H groups in total. The van der Waals surface area contributed by atoms with E-state index >= 15 is 0 Å². The normalized spacial score (nSPS) is 11.1. The zero-order valence-electron chi connectivity index (χ0n) is 10.1. The number of methoxy groups -OCH3 is 2. The maximum atomic E-state index is 5.30. The maximum absolute atomic E-state index is 5.30. The third-order valence-electron chi connectivity index (χ3n) is 3.10. The predicted molar refractivity (Wildman–Crippen MR) is 76.6 cm³/mol. The molecule has 0 saturated heterocycles. The lowest BCUT2D eigenvalue weighted by Gasteiger charge is -2.03. The summed E-state index contributed by atoms with van der Waals surface area (Å²) in [7, 11) is 3.33. The van der Waals surface area contributed by atoms with E-state index in [9.17, 15) is 0 Å². The van der Waals surface area contributed by atoms with Gasteiger partial charge in [0.1, 0.15) is 11.5 Å². The van der Waals surface area contributed by atoms with Crippen molar-refractivity contribution in [2.45, 2.75) is 0 Å². The molecule has 4 heteroatoms. The summed E-state index contributed by atoms with van der Waals surface area (Å²) in [6.07, 6.45) is 0. The van der Waals surface area contributed by atoms with Gasteiger partial charge < -0.3 is 14.5 Å². The first-order valence-corrected chi connectivity index (χ1v) is 6.36. The molecule has 0 spiro atoms. The second kappa shape index (κ2) is 4.21. The molecule has 0 bridgehead atoms. The van der Waals surface area contributed by atoms with Crippen molar-refractivity contribution in [2.24, 2.45) is 0 Å². The largest absolute Gasteiger partial charge is 0.497 e. The molecule has 0 amide bonds. The van der Waals surface area contributed by atoms with E-state index < -0.39 is 0 Å².